The molecule has 4 nitrogen and oxygen atoms in total. The summed E-state index contributed by atoms with van der Waals surface area (Å²) in [4.78, 5) is -0.408. The topological polar surface area (TPSA) is 66.4 Å². The van der Waals surface area contributed by atoms with Gasteiger partial charge in [-0.15, -0.1) is 0 Å². The highest BCUT2D eigenvalue weighted by Crippen LogP contribution is 2.21. The van der Waals surface area contributed by atoms with Gasteiger partial charge in [-0.1, -0.05) is 13.8 Å². The molecule has 0 saturated heterocycles. The number of alkyl halides is 2. The van der Waals surface area contributed by atoms with Crippen molar-refractivity contribution in [2.75, 3.05) is 18.5 Å². The van der Waals surface area contributed by atoms with Crippen LogP contribution < -0.4 is 5.32 Å². The molecular formula is C12H17F2NO3S. The van der Waals surface area contributed by atoms with Crippen LogP contribution in [0.1, 0.15) is 13.8 Å². The second kappa shape index (κ2) is 5.83. The molecule has 1 aromatic carbocycles. The first kappa shape index (κ1) is 15.8. The minimum atomic E-state index is -4.54. The molecule has 0 aliphatic heterocycles. The summed E-state index contributed by atoms with van der Waals surface area (Å²) >= 11 is 0. The molecule has 0 bridgehead atoms. The third-order valence-corrected chi connectivity index (χ3v) is 4.01. The van der Waals surface area contributed by atoms with E-state index < -0.39 is 20.5 Å². The van der Waals surface area contributed by atoms with Gasteiger partial charge in [0.1, 0.15) is 0 Å². The second-order valence-electron chi connectivity index (χ2n) is 5.01. The van der Waals surface area contributed by atoms with Crippen LogP contribution in [0.3, 0.4) is 0 Å². The molecule has 0 fully saturated rings. The fourth-order valence-electron chi connectivity index (χ4n) is 1.26. The Bertz CT molecular complexity index is 512. The lowest BCUT2D eigenvalue weighted by Gasteiger charge is -2.22. The van der Waals surface area contributed by atoms with Gasteiger partial charge in [0.15, 0.2) is 0 Å². The number of aliphatic hydroxyl groups excluding tert-OH is 1. The molecule has 0 spiro atoms. The summed E-state index contributed by atoms with van der Waals surface area (Å²) in [5.41, 5.74) is 0.281. The van der Waals surface area contributed by atoms with E-state index in [0.717, 1.165) is 12.1 Å². The average Bonchev–Trinajstić information content (AvgIpc) is 2.37. The summed E-state index contributed by atoms with van der Waals surface area (Å²) in [6.45, 7) is 4.19. The summed E-state index contributed by atoms with van der Waals surface area (Å²) in [5.74, 6) is -3.42. The third-order valence-electron chi connectivity index (χ3n) is 2.62. The Morgan fingerprint density at radius 1 is 1.26 bits per heavy atom. The second-order valence-corrected chi connectivity index (χ2v) is 6.92. The van der Waals surface area contributed by atoms with Gasteiger partial charge in [-0.25, -0.2) is 8.42 Å². The van der Waals surface area contributed by atoms with Crippen molar-refractivity contribution < 1.29 is 22.3 Å². The zero-order valence-corrected chi connectivity index (χ0v) is 11.5. The Morgan fingerprint density at radius 3 is 2.21 bits per heavy atom. The lowest BCUT2D eigenvalue weighted by atomic mass is 9.95. The van der Waals surface area contributed by atoms with Gasteiger partial charge in [0.2, 0.25) is 9.84 Å². The maximum Gasteiger partial charge on any atom is 0.341 e. The van der Waals surface area contributed by atoms with Crippen LogP contribution in [-0.4, -0.2) is 32.4 Å². The number of anilines is 1. The van der Waals surface area contributed by atoms with E-state index in [1.54, 1.807) is 0 Å². The first-order valence-electron chi connectivity index (χ1n) is 5.66. The molecule has 2 N–H and O–H groups in total. The van der Waals surface area contributed by atoms with E-state index in [2.05, 4.69) is 5.32 Å². The van der Waals surface area contributed by atoms with E-state index in [1.165, 1.54) is 12.1 Å². The largest absolute Gasteiger partial charge is 0.396 e. The Morgan fingerprint density at radius 2 is 1.79 bits per heavy atom. The summed E-state index contributed by atoms with van der Waals surface area (Å²) in [6.07, 6.45) is 0. The van der Waals surface area contributed by atoms with Crippen LogP contribution in [-0.2, 0) is 9.84 Å². The number of hydrogen-bond donors (Lipinski definition) is 2. The van der Waals surface area contributed by atoms with Crippen LogP contribution in [0.25, 0.3) is 0 Å². The van der Waals surface area contributed by atoms with Gasteiger partial charge in [-0.2, -0.15) is 8.78 Å². The van der Waals surface area contributed by atoms with Gasteiger partial charge in [-0.3, -0.25) is 0 Å². The Labute approximate surface area is 111 Å². The third kappa shape index (κ3) is 4.14. The maximum absolute atomic E-state index is 12.3. The number of rotatable bonds is 6. The molecule has 0 aliphatic rings. The van der Waals surface area contributed by atoms with E-state index in [9.17, 15) is 17.2 Å². The van der Waals surface area contributed by atoms with E-state index in [4.69, 9.17) is 5.11 Å². The van der Waals surface area contributed by atoms with Crippen molar-refractivity contribution >= 4 is 15.5 Å². The molecule has 0 amide bonds. The van der Waals surface area contributed by atoms with Crippen LogP contribution in [0.4, 0.5) is 14.5 Å². The zero-order chi connectivity index (χ0) is 14.7. The monoisotopic (exact) mass is 293 g/mol. The van der Waals surface area contributed by atoms with Gasteiger partial charge in [-0.05, 0) is 24.3 Å². The number of halogens is 2. The highest BCUT2D eigenvalue weighted by atomic mass is 32.2. The summed E-state index contributed by atoms with van der Waals surface area (Å²) in [7, 11) is -4.54. The van der Waals surface area contributed by atoms with E-state index in [-0.39, 0.29) is 12.0 Å². The van der Waals surface area contributed by atoms with Crippen molar-refractivity contribution in [2.24, 2.45) is 5.41 Å². The van der Waals surface area contributed by atoms with Crippen molar-refractivity contribution in [2.45, 2.75) is 24.5 Å². The number of benzene rings is 1. The smallest absolute Gasteiger partial charge is 0.341 e. The fraction of sp³-hybridized carbons (Fsp3) is 0.500. The SMILES string of the molecule is CC(C)(CO)CNc1ccc(S(=O)(=O)C(F)F)cc1. The average molecular weight is 293 g/mol. The molecule has 1 aromatic rings. The molecule has 0 unspecified atom stereocenters. The van der Waals surface area contributed by atoms with Crippen molar-refractivity contribution in [1.82, 2.24) is 0 Å². The van der Waals surface area contributed by atoms with Gasteiger partial charge in [0.25, 0.3) is 0 Å². The van der Waals surface area contributed by atoms with Crippen LogP contribution in [0, 0.1) is 5.41 Å². The van der Waals surface area contributed by atoms with Gasteiger partial charge in [0.05, 0.1) is 4.90 Å². The summed E-state index contributed by atoms with van der Waals surface area (Å²) in [6, 6.07) is 5.11. The molecular weight excluding hydrogens is 276 g/mol. The quantitative estimate of drug-likeness (QED) is 0.843. The van der Waals surface area contributed by atoms with Crippen LogP contribution in [0.5, 0.6) is 0 Å². The molecule has 0 saturated carbocycles. The van der Waals surface area contributed by atoms with Crippen LogP contribution in [0.15, 0.2) is 29.2 Å². The first-order chi connectivity index (χ1) is 8.69. The molecule has 0 radical (unpaired) electrons. The van der Waals surface area contributed by atoms with Crippen LogP contribution >= 0.6 is 0 Å². The highest BCUT2D eigenvalue weighted by molar-refractivity contribution is 7.91. The Kier molecular flexibility index (Phi) is 4.86. The summed E-state index contributed by atoms with van der Waals surface area (Å²) < 4.78 is 47.0. The minimum absolute atomic E-state index is 0.00214. The number of sulfone groups is 1. The molecule has 0 aromatic heterocycles. The molecule has 0 heterocycles. The highest BCUT2D eigenvalue weighted by Gasteiger charge is 2.26. The van der Waals surface area contributed by atoms with Crippen LogP contribution in [0.2, 0.25) is 0 Å². The summed E-state index contributed by atoms with van der Waals surface area (Å²) in [5, 5.41) is 12.1. The first-order valence-corrected chi connectivity index (χ1v) is 7.20. The number of aliphatic hydroxyl groups is 1. The van der Waals surface area contributed by atoms with Gasteiger partial charge in [0, 0.05) is 24.3 Å². The minimum Gasteiger partial charge on any atom is -0.396 e. The van der Waals surface area contributed by atoms with Crippen molar-refractivity contribution in [3.63, 3.8) is 0 Å². The predicted octanol–water partition coefficient (Wildman–Crippen LogP) is 2.11. The molecule has 7 heteroatoms. The predicted molar refractivity (Wildman–Crippen MR) is 69.0 cm³/mol. The maximum atomic E-state index is 12.3. The van der Waals surface area contributed by atoms with E-state index in [1.807, 2.05) is 13.8 Å². The van der Waals surface area contributed by atoms with Gasteiger partial charge >= 0.3 is 5.76 Å². The zero-order valence-electron chi connectivity index (χ0n) is 10.7. The normalized spacial score (nSPS) is 12.7. The van der Waals surface area contributed by atoms with Crippen molar-refractivity contribution in [1.29, 1.82) is 0 Å². The lowest BCUT2D eigenvalue weighted by Crippen LogP contribution is -2.26. The lowest BCUT2D eigenvalue weighted by molar-refractivity contribution is 0.171. The van der Waals surface area contributed by atoms with Gasteiger partial charge < -0.3 is 10.4 Å². The molecule has 0 atom stereocenters. The van der Waals surface area contributed by atoms with Crippen molar-refractivity contribution in [3.8, 4) is 0 Å². The molecule has 1 rings (SSSR count). The number of hydrogen-bond acceptors (Lipinski definition) is 4. The molecule has 19 heavy (non-hydrogen) atoms. The van der Waals surface area contributed by atoms with E-state index >= 15 is 0 Å². The fourth-order valence-corrected chi connectivity index (χ4v) is 1.98. The number of nitrogens with one attached hydrogen (secondary N) is 1. The molecule has 0 aliphatic carbocycles. The van der Waals surface area contributed by atoms with Crippen molar-refractivity contribution in [3.05, 3.63) is 24.3 Å². The Balaban J connectivity index is 2.78. The molecule has 108 valence electrons. The Hall–Kier alpha value is -1.21. The van der Waals surface area contributed by atoms with E-state index in [0.29, 0.717) is 12.2 Å². The standard InChI is InChI=1S/C12H17F2NO3S/c1-12(2,8-16)7-15-9-3-5-10(6-4-9)19(17,18)11(13)14/h3-6,11,15-16H,7-8H2,1-2H3.